The molecule has 2 aromatic carbocycles. The highest BCUT2D eigenvalue weighted by atomic mass is 16.6. The van der Waals surface area contributed by atoms with Crippen LogP contribution in [0.3, 0.4) is 0 Å². The van der Waals surface area contributed by atoms with E-state index in [-0.39, 0.29) is 81.0 Å². The highest BCUT2D eigenvalue weighted by molar-refractivity contribution is 5.86. The number of unbranched alkanes of at least 4 members (excludes halogenated alkanes) is 16. The summed E-state index contributed by atoms with van der Waals surface area (Å²) >= 11 is 0. The van der Waals surface area contributed by atoms with Crippen molar-refractivity contribution in [2.75, 3.05) is 39.6 Å². The maximum absolute atomic E-state index is 13.0. The summed E-state index contributed by atoms with van der Waals surface area (Å²) in [4.78, 5) is 87.9. The van der Waals surface area contributed by atoms with Gasteiger partial charge in [0.15, 0.2) is 5.78 Å². The van der Waals surface area contributed by atoms with Crippen molar-refractivity contribution in [1.29, 1.82) is 0 Å². The summed E-state index contributed by atoms with van der Waals surface area (Å²) in [6.45, 7) is 13.7. The van der Waals surface area contributed by atoms with Gasteiger partial charge >= 0.3 is 18.0 Å². The van der Waals surface area contributed by atoms with Crippen LogP contribution in [0.5, 0.6) is 0 Å². The first kappa shape index (κ1) is 66.1. The number of amides is 3. The molecule has 0 saturated heterocycles. The zero-order chi connectivity index (χ0) is 56.3. The molecular formula is C62H97N3O12. The zero-order valence-electron chi connectivity index (χ0n) is 48.2. The minimum atomic E-state index is -0.899. The molecule has 0 radical (unpaired) electrons. The van der Waals surface area contributed by atoms with E-state index < -0.39 is 35.3 Å². The molecule has 77 heavy (non-hydrogen) atoms. The number of Topliss-reactive ketones (excluding diaryl/α,β-unsaturated/α-hetero) is 2. The fraction of sp³-hybridized carbons (Fsp3) is 0.694. The molecule has 3 amide bonds. The predicted molar refractivity (Wildman–Crippen MR) is 301 cm³/mol. The van der Waals surface area contributed by atoms with Gasteiger partial charge in [-0.25, -0.2) is 9.59 Å². The summed E-state index contributed by atoms with van der Waals surface area (Å²) in [5, 5.41) is 8.35. The molecule has 3 rings (SSSR count). The number of hydrogen-bond donors (Lipinski definition) is 3. The Labute approximate surface area is 461 Å². The van der Waals surface area contributed by atoms with Gasteiger partial charge in [-0.2, -0.15) is 0 Å². The lowest BCUT2D eigenvalue weighted by atomic mass is 9.98. The van der Waals surface area contributed by atoms with Gasteiger partial charge in [-0.1, -0.05) is 138 Å². The van der Waals surface area contributed by atoms with E-state index in [0.29, 0.717) is 51.7 Å². The quantitative estimate of drug-likeness (QED) is 0.0323. The molecule has 0 unspecified atom stereocenters. The van der Waals surface area contributed by atoms with Gasteiger partial charge in [0.25, 0.3) is 0 Å². The Morgan fingerprint density at radius 1 is 0.506 bits per heavy atom. The molecule has 0 aromatic heterocycles. The molecule has 1 aliphatic rings. The van der Waals surface area contributed by atoms with E-state index in [1.807, 2.05) is 57.2 Å². The molecule has 15 heteroatoms. The lowest BCUT2D eigenvalue weighted by Gasteiger charge is -2.24. The first-order valence-corrected chi connectivity index (χ1v) is 29.1. The summed E-state index contributed by atoms with van der Waals surface area (Å²) in [7, 11) is 0. The van der Waals surface area contributed by atoms with Crippen LogP contribution < -0.4 is 16.0 Å². The van der Waals surface area contributed by atoms with E-state index in [1.54, 1.807) is 20.8 Å². The predicted octanol–water partition coefficient (Wildman–Crippen LogP) is 12.1. The number of carbonyl (C=O) groups is 7. The molecule has 3 N–H and O–H groups in total. The third kappa shape index (κ3) is 30.5. The lowest BCUT2D eigenvalue weighted by molar-refractivity contribution is -0.159. The molecule has 432 valence electrons. The average Bonchev–Trinajstić information content (AvgIpc) is 3.69. The number of carbonyl (C=O) groups excluding carboxylic acids is 7. The summed E-state index contributed by atoms with van der Waals surface area (Å²) in [5.41, 5.74) is 3.35. The summed E-state index contributed by atoms with van der Waals surface area (Å²) in [6, 6.07) is 14.6. The van der Waals surface area contributed by atoms with E-state index in [4.69, 9.17) is 23.7 Å². The van der Waals surface area contributed by atoms with Crippen molar-refractivity contribution in [3.05, 3.63) is 59.7 Å². The number of ketones is 2. The highest BCUT2D eigenvalue weighted by Crippen LogP contribution is 2.44. The van der Waals surface area contributed by atoms with Crippen molar-refractivity contribution in [3.8, 4) is 11.1 Å². The second-order valence-corrected chi connectivity index (χ2v) is 22.7. The minimum Gasteiger partial charge on any atom is -0.460 e. The molecular weight excluding hydrogens is 979 g/mol. The Morgan fingerprint density at radius 2 is 1.03 bits per heavy atom. The largest absolute Gasteiger partial charge is 0.460 e. The summed E-state index contributed by atoms with van der Waals surface area (Å²) < 4.78 is 27.6. The molecule has 0 saturated carbocycles. The maximum atomic E-state index is 13.0. The number of nitrogens with one attached hydrogen (secondary N) is 3. The van der Waals surface area contributed by atoms with Gasteiger partial charge in [0, 0.05) is 44.8 Å². The standard InChI is InChI=1S/C62H97N3O12/c1-47(66)54(65-60(72)75-45-53-51-34-26-24-32-49(51)50-33-25-27-35-52(50)53)36-28-29-41-63-57(69)46-74-44-43-73-42-30-31-48(67)39-40-55(59(71)77-62(5,6)7)64-56(68)37-22-20-18-16-14-12-10-8-9-11-13-15-17-19-21-23-38-58(70)76-61(2,3)4/h24-27,32-35,53-55H,8-23,28-31,36-46H2,1-7H3,(H,63,69)(H,64,68)(H,65,72)/t54-,55-/m0/s1. The molecule has 0 heterocycles. The summed E-state index contributed by atoms with van der Waals surface area (Å²) in [6.07, 6.45) is 21.3. The van der Waals surface area contributed by atoms with Crippen LogP contribution in [0.15, 0.2) is 48.5 Å². The molecule has 1 aliphatic carbocycles. The Kier molecular flexibility index (Phi) is 32.3. The Bertz CT molecular complexity index is 2030. The van der Waals surface area contributed by atoms with Crippen molar-refractivity contribution in [2.24, 2.45) is 0 Å². The fourth-order valence-electron chi connectivity index (χ4n) is 9.41. The number of rotatable bonds is 42. The SMILES string of the molecule is CC(=O)[C@H](CCCCNC(=O)COCCOCCCC(=O)CC[C@H](NC(=O)CCCCCCCCCCCCCCCCCCC(=O)OC(C)(C)C)C(=O)OC(C)(C)C)NC(=O)OCC1c2ccccc2-c2ccccc21. The van der Waals surface area contributed by atoms with Gasteiger partial charge in [-0.15, -0.1) is 0 Å². The van der Waals surface area contributed by atoms with E-state index in [9.17, 15) is 33.6 Å². The second kappa shape index (κ2) is 37.6. The normalized spacial score (nSPS) is 13.0. The molecule has 0 spiro atoms. The van der Waals surface area contributed by atoms with Crippen LogP contribution in [0, 0.1) is 0 Å². The molecule has 0 aliphatic heterocycles. The maximum Gasteiger partial charge on any atom is 0.407 e. The van der Waals surface area contributed by atoms with Crippen LogP contribution in [0.2, 0.25) is 0 Å². The topological polar surface area (TPSA) is 202 Å². The lowest BCUT2D eigenvalue weighted by Crippen LogP contribution is -2.44. The van der Waals surface area contributed by atoms with Gasteiger partial charge in [-0.3, -0.25) is 24.0 Å². The van der Waals surface area contributed by atoms with Crippen molar-refractivity contribution in [1.82, 2.24) is 16.0 Å². The van der Waals surface area contributed by atoms with Crippen LogP contribution in [0.25, 0.3) is 11.1 Å². The van der Waals surface area contributed by atoms with Crippen molar-refractivity contribution in [3.63, 3.8) is 0 Å². The number of fused-ring (bicyclic) bond motifs is 3. The number of benzene rings is 2. The van der Waals surface area contributed by atoms with Crippen molar-refractivity contribution in [2.45, 2.75) is 238 Å². The third-order valence-corrected chi connectivity index (χ3v) is 13.4. The molecule has 2 atom stereocenters. The monoisotopic (exact) mass is 1080 g/mol. The van der Waals surface area contributed by atoms with Gasteiger partial charge in [0.05, 0.1) is 19.3 Å². The first-order valence-electron chi connectivity index (χ1n) is 29.1. The summed E-state index contributed by atoms with van der Waals surface area (Å²) in [5.74, 6) is -1.41. The number of ether oxygens (including phenoxy) is 5. The van der Waals surface area contributed by atoms with Crippen LogP contribution in [-0.2, 0) is 52.5 Å². The molecule has 2 aromatic rings. The minimum absolute atomic E-state index is 0.0374. The third-order valence-electron chi connectivity index (χ3n) is 13.4. The van der Waals surface area contributed by atoms with Gasteiger partial charge in [-0.05, 0) is 116 Å². The fourth-order valence-corrected chi connectivity index (χ4v) is 9.41. The van der Waals surface area contributed by atoms with Crippen LogP contribution >= 0.6 is 0 Å². The van der Waals surface area contributed by atoms with Crippen molar-refractivity contribution < 1.29 is 57.2 Å². The van der Waals surface area contributed by atoms with E-state index in [2.05, 4.69) is 28.1 Å². The number of hydrogen-bond acceptors (Lipinski definition) is 12. The zero-order valence-corrected chi connectivity index (χ0v) is 48.2. The first-order chi connectivity index (χ1) is 36.8. The second-order valence-electron chi connectivity index (χ2n) is 22.7. The Morgan fingerprint density at radius 3 is 1.57 bits per heavy atom. The smallest absolute Gasteiger partial charge is 0.407 e. The van der Waals surface area contributed by atoms with E-state index >= 15 is 0 Å². The van der Waals surface area contributed by atoms with Gasteiger partial charge in [0.2, 0.25) is 11.8 Å². The number of esters is 2. The van der Waals surface area contributed by atoms with E-state index in [1.165, 1.54) is 71.1 Å². The molecule has 15 nitrogen and oxygen atoms in total. The van der Waals surface area contributed by atoms with Crippen LogP contribution in [0.1, 0.15) is 226 Å². The van der Waals surface area contributed by atoms with Gasteiger partial charge in [0.1, 0.15) is 36.2 Å². The molecule has 0 bridgehead atoms. The Hall–Kier alpha value is -5.15. The van der Waals surface area contributed by atoms with Crippen molar-refractivity contribution >= 4 is 41.4 Å². The van der Waals surface area contributed by atoms with Crippen LogP contribution in [-0.4, -0.2) is 104 Å². The Balaban J connectivity index is 1.14. The van der Waals surface area contributed by atoms with Crippen LogP contribution in [0.4, 0.5) is 4.79 Å². The molecule has 0 fully saturated rings. The highest BCUT2D eigenvalue weighted by Gasteiger charge is 2.30. The van der Waals surface area contributed by atoms with E-state index in [0.717, 1.165) is 60.8 Å². The average molecular weight is 1080 g/mol. The van der Waals surface area contributed by atoms with Gasteiger partial charge < -0.3 is 39.6 Å². The number of alkyl carbamates (subject to hydrolysis) is 1.